The van der Waals surface area contributed by atoms with Gasteiger partial charge in [-0.2, -0.15) is 0 Å². The molecule has 0 aliphatic carbocycles. The molecule has 1 atom stereocenters. The molecular weight excluding hydrogens is 234 g/mol. The zero-order valence-electron chi connectivity index (χ0n) is 12.2. The first-order valence-corrected chi connectivity index (χ1v) is 6.31. The molecule has 0 aromatic carbocycles. The van der Waals surface area contributed by atoms with Crippen LogP contribution in [0.1, 0.15) is 48.0 Å². The highest BCUT2D eigenvalue weighted by Crippen LogP contribution is 2.12. The smallest absolute Gasteiger partial charge is 0.407 e. The number of esters is 1. The predicted molar refractivity (Wildman–Crippen MR) is 69.2 cm³/mol. The average molecular weight is 259 g/mol. The Bertz CT molecular complexity index is 281. The van der Waals surface area contributed by atoms with Gasteiger partial charge in [-0.15, -0.1) is 0 Å². The number of carbonyl (C=O) groups is 2. The minimum Gasteiger partial charge on any atom is -0.458 e. The summed E-state index contributed by atoms with van der Waals surface area (Å²) in [7, 11) is 0. The number of alkyl carbamates (subject to hydrolysis) is 1. The Labute approximate surface area is 109 Å². The fraction of sp³-hybridized carbons (Fsp3) is 0.846. The van der Waals surface area contributed by atoms with E-state index in [4.69, 9.17) is 9.47 Å². The summed E-state index contributed by atoms with van der Waals surface area (Å²) in [5.41, 5.74) is -0.567. The molecule has 0 fully saturated rings. The number of nitrogens with one attached hydrogen (secondary N) is 1. The van der Waals surface area contributed by atoms with Gasteiger partial charge >= 0.3 is 12.1 Å². The predicted octanol–water partition coefficient (Wildman–Crippen LogP) is 2.49. The van der Waals surface area contributed by atoms with E-state index >= 15 is 0 Å². The molecule has 5 nitrogen and oxygen atoms in total. The second-order valence-corrected chi connectivity index (χ2v) is 5.58. The van der Waals surface area contributed by atoms with Gasteiger partial charge in [-0.1, -0.05) is 13.8 Å². The monoisotopic (exact) mass is 259 g/mol. The van der Waals surface area contributed by atoms with Crippen molar-refractivity contribution in [1.29, 1.82) is 0 Å². The van der Waals surface area contributed by atoms with Gasteiger partial charge in [0.2, 0.25) is 0 Å². The third-order valence-corrected chi connectivity index (χ3v) is 1.97. The maximum absolute atomic E-state index is 11.9. The van der Waals surface area contributed by atoms with E-state index in [2.05, 4.69) is 5.32 Å². The molecule has 0 bridgehead atoms. The molecule has 0 spiro atoms. The summed E-state index contributed by atoms with van der Waals surface area (Å²) in [6, 6.07) is -0.664. The summed E-state index contributed by atoms with van der Waals surface area (Å²) in [5, 5.41) is 2.54. The highest BCUT2D eigenvalue weighted by molar-refractivity contribution is 5.81. The van der Waals surface area contributed by atoms with Gasteiger partial charge in [0.05, 0.1) is 6.61 Å². The molecule has 1 N–H and O–H groups in total. The molecule has 5 heteroatoms. The second-order valence-electron chi connectivity index (χ2n) is 5.58. The average Bonchev–Trinajstić information content (AvgIpc) is 2.13. The van der Waals surface area contributed by atoms with E-state index in [1.54, 1.807) is 27.7 Å². The van der Waals surface area contributed by atoms with E-state index in [1.807, 2.05) is 13.8 Å². The Morgan fingerprint density at radius 2 is 1.78 bits per heavy atom. The van der Waals surface area contributed by atoms with Gasteiger partial charge in [0.25, 0.3) is 0 Å². The summed E-state index contributed by atoms with van der Waals surface area (Å²) >= 11 is 0. The van der Waals surface area contributed by atoms with Crippen LogP contribution >= 0.6 is 0 Å². The summed E-state index contributed by atoms with van der Waals surface area (Å²) in [6.45, 7) is 11.3. The van der Waals surface area contributed by atoms with Crippen LogP contribution in [0.25, 0.3) is 0 Å². The number of ether oxygens (including phenoxy) is 2. The van der Waals surface area contributed by atoms with Crippen LogP contribution in [-0.4, -0.2) is 30.3 Å². The topological polar surface area (TPSA) is 64.6 Å². The lowest BCUT2D eigenvalue weighted by Crippen LogP contribution is -2.45. The SMILES string of the molecule is CCOC(=O)N[C@@H](CC(C)C)C(=O)OC(C)(C)C. The normalized spacial score (nSPS) is 13.1. The highest BCUT2D eigenvalue weighted by Gasteiger charge is 2.27. The quantitative estimate of drug-likeness (QED) is 0.770. The van der Waals surface area contributed by atoms with Gasteiger partial charge in [-0.25, -0.2) is 9.59 Å². The van der Waals surface area contributed by atoms with Crippen molar-refractivity contribution in [2.75, 3.05) is 6.61 Å². The van der Waals surface area contributed by atoms with Gasteiger partial charge < -0.3 is 14.8 Å². The van der Waals surface area contributed by atoms with Gasteiger partial charge in [0, 0.05) is 0 Å². The summed E-state index contributed by atoms with van der Waals surface area (Å²) < 4.78 is 10.0. The minimum atomic E-state index is -0.664. The Kier molecular flexibility index (Phi) is 6.73. The molecule has 1 amide bonds. The number of amides is 1. The molecule has 18 heavy (non-hydrogen) atoms. The lowest BCUT2D eigenvalue weighted by atomic mass is 10.0. The maximum atomic E-state index is 11.9. The molecule has 0 aliphatic heterocycles. The van der Waals surface area contributed by atoms with Crippen LogP contribution in [0.3, 0.4) is 0 Å². The number of rotatable bonds is 5. The van der Waals surface area contributed by atoms with E-state index in [-0.39, 0.29) is 12.5 Å². The molecule has 0 unspecified atom stereocenters. The maximum Gasteiger partial charge on any atom is 0.407 e. The van der Waals surface area contributed by atoms with Crippen molar-refractivity contribution < 1.29 is 19.1 Å². The van der Waals surface area contributed by atoms with E-state index in [0.717, 1.165) is 0 Å². The van der Waals surface area contributed by atoms with Crippen LogP contribution in [0, 0.1) is 5.92 Å². The molecule has 0 aliphatic rings. The van der Waals surface area contributed by atoms with E-state index in [1.165, 1.54) is 0 Å². The lowest BCUT2D eigenvalue weighted by Gasteiger charge is -2.25. The molecule has 106 valence electrons. The first-order valence-electron chi connectivity index (χ1n) is 6.31. The molecule has 0 aromatic rings. The minimum absolute atomic E-state index is 0.268. The van der Waals surface area contributed by atoms with E-state index < -0.39 is 23.7 Å². The molecule has 0 saturated carbocycles. The first-order chi connectivity index (χ1) is 8.15. The van der Waals surface area contributed by atoms with Crippen molar-refractivity contribution in [3.8, 4) is 0 Å². The third kappa shape index (κ3) is 7.92. The fourth-order valence-electron chi connectivity index (χ4n) is 1.37. The number of carbonyl (C=O) groups excluding carboxylic acids is 2. The second kappa shape index (κ2) is 7.24. The Morgan fingerprint density at radius 3 is 2.17 bits per heavy atom. The van der Waals surface area contributed by atoms with Gasteiger partial charge in [0.1, 0.15) is 11.6 Å². The van der Waals surface area contributed by atoms with Crippen LogP contribution in [0.15, 0.2) is 0 Å². The lowest BCUT2D eigenvalue weighted by molar-refractivity contribution is -0.157. The Hall–Kier alpha value is -1.26. The Morgan fingerprint density at radius 1 is 1.22 bits per heavy atom. The number of hydrogen-bond donors (Lipinski definition) is 1. The van der Waals surface area contributed by atoms with Gasteiger partial charge in [-0.3, -0.25) is 0 Å². The highest BCUT2D eigenvalue weighted by atomic mass is 16.6. The van der Waals surface area contributed by atoms with Crippen molar-refractivity contribution in [3.05, 3.63) is 0 Å². The Balaban J connectivity index is 4.57. The molecule has 0 aromatic heterocycles. The molecule has 0 radical (unpaired) electrons. The standard InChI is InChI=1S/C13H25NO4/c1-7-17-12(16)14-10(8-9(2)3)11(15)18-13(4,5)6/h9-10H,7-8H2,1-6H3,(H,14,16)/t10-/m0/s1. The largest absolute Gasteiger partial charge is 0.458 e. The molecule has 0 heterocycles. The summed E-state index contributed by atoms with van der Waals surface area (Å²) in [6.07, 6.45) is -0.0673. The van der Waals surface area contributed by atoms with Crippen molar-refractivity contribution in [3.63, 3.8) is 0 Å². The molecular formula is C13H25NO4. The zero-order chi connectivity index (χ0) is 14.3. The summed E-state index contributed by atoms with van der Waals surface area (Å²) in [5.74, 6) is -0.159. The van der Waals surface area contributed by atoms with Crippen molar-refractivity contribution in [2.24, 2.45) is 5.92 Å². The van der Waals surface area contributed by atoms with Crippen LogP contribution in [0.4, 0.5) is 4.79 Å². The van der Waals surface area contributed by atoms with Crippen molar-refractivity contribution in [1.82, 2.24) is 5.32 Å². The van der Waals surface area contributed by atoms with E-state index in [9.17, 15) is 9.59 Å². The van der Waals surface area contributed by atoms with Crippen molar-refractivity contribution in [2.45, 2.75) is 59.6 Å². The van der Waals surface area contributed by atoms with Gasteiger partial charge in [-0.05, 0) is 40.0 Å². The number of hydrogen-bond acceptors (Lipinski definition) is 4. The molecule has 0 rings (SSSR count). The van der Waals surface area contributed by atoms with Crippen LogP contribution < -0.4 is 5.32 Å². The van der Waals surface area contributed by atoms with Gasteiger partial charge in [0.15, 0.2) is 0 Å². The van der Waals surface area contributed by atoms with Crippen LogP contribution in [0.2, 0.25) is 0 Å². The van der Waals surface area contributed by atoms with Crippen LogP contribution in [-0.2, 0) is 14.3 Å². The zero-order valence-corrected chi connectivity index (χ0v) is 12.2. The van der Waals surface area contributed by atoms with Crippen LogP contribution in [0.5, 0.6) is 0 Å². The summed E-state index contributed by atoms with van der Waals surface area (Å²) in [4.78, 5) is 23.3. The van der Waals surface area contributed by atoms with Crippen molar-refractivity contribution >= 4 is 12.1 Å². The van der Waals surface area contributed by atoms with E-state index in [0.29, 0.717) is 6.42 Å². The molecule has 0 saturated heterocycles. The fourth-order valence-corrected chi connectivity index (χ4v) is 1.37. The first kappa shape index (κ1) is 16.7. The third-order valence-electron chi connectivity index (χ3n) is 1.97.